The predicted molar refractivity (Wildman–Crippen MR) is 75.4 cm³/mol. The van der Waals surface area contributed by atoms with Crippen molar-refractivity contribution in [3.8, 4) is 5.75 Å². The van der Waals surface area contributed by atoms with Gasteiger partial charge in [-0.1, -0.05) is 19.9 Å². The molecule has 0 aromatic heterocycles. The van der Waals surface area contributed by atoms with Gasteiger partial charge in [-0.25, -0.2) is 4.39 Å². The lowest BCUT2D eigenvalue weighted by Gasteiger charge is -2.30. The zero-order chi connectivity index (χ0) is 15.3. The fraction of sp³-hybridized carbons (Fsp3) is 0.533. The van der Waals surface area contributed by atoms with Crippen molar-refractivity contribution in [1.82, 2.24) is 4.90 Å². The molecule has 1 aromatic rings. The van der Waals surface area contributed by atoms with Crippen LogP contribution in [0.25, 0.3) is 0 Å². The van der Waals surface area contributed by atoms with Gasteiger partial charge in [0.1, 0.15) is 11.6 Å². The second-order valence-electron chi connectivity index (χ2n) is 4.86. The zero-order valence-electron chi connectivity index (χ0n) is 12.4. The summed E-state index contributed by atoms with van der Waals surface area (Å²) >= 11 is 0. The average molecular weight is 283 g/mol. The van der Waals surface area contributed by atoms with Crippen LogP contribution in [0, 0.1) is 11.7 Å². The summed E-state index contributed by atoms with van der Waals surface area (Å²) in [5.41, 5.74) is 0.467. The number of carboxylic acids is 1. The van der Waals surface area contributed by atoms with Crippen LogP contribution >= 0.6 is 0 Å². The van der Waals surface area contributed by atoms with Crippen molar-refractivity contribution in [2.75, 3.05) is 20.2 Å². The van der Waals surface area contributed by atoms with Crippen LogP contribution in [-0.2, 0) is 4.79 Å². The summed E-state index contributed by atoms with van der Waals surface area (Å²) in [5.74, 6) is -1.21. The third-order valence-electron chi connectivity index (χ3n) is 3.53. The Bertz CT molecular complexity index is 464. The highest BCUT2D eigenvalue weighted by atomic mass is 19.1. The highest BCUT2D eigenvalue weighted by molar-refractivity contribution is 5.69. The van der Waals surface area contributed by atoms with E-state index < -0.39 is 11.9 Å². The molecule has 0 saturated carbocycles. The predicted octanol–water partition coefficient (Wildman–Crippen LogP) is 2.94. The summed E-state index contributed by atoms with van der Waals surface area (Å²) in [5, 5.41) is 9.01. The van der Waals surface area contributed by atoms with Crippen molar-refractivity contribution in [2.24, 2.45) is 5.92 Å². The number of hydrogen-bond acceptors (Lipinski definition) is 3. The minimum Gasteiger partial charge on any atom is -0.496 e. The van der Waals surface area contributed by atoms with Crippen LogP contribution in [0.2, 0.25) is 0 Å². The average Bonchev–Trinajstić information content (AvgIpc) is 2.43. The van der Waals surface area contributed by atoms with Crippen LogP contribution in [0.3, 0.4) is 0 Å². The monoisotopic (exact) mass is 283 g/mol. The molecule has 1 rings (SSSR count). The first-order valence-electron chi connectivity index (χ1n) is 6.71. The zero-order valence-corrected chi connectivity index (χ0v) is 12.4. The van der Waals surface area contributed by atoms with E-state index in [9.17, 15) is 9.18 Å². The number of rotatable bonds is 7. The third kappa shape index (κ3) is 3.70. The summed E-state index contributed by atoms with van der Waals surface area (Å²) in [4.78, 5) is 12.9. The summed E-state index contributed by atoms with van der Waals surface area (Å²) in [6.45, 7) is 6.44. The van der Waals surface area contributed by atoms with Gasteiger partial charge >= 0.3 is 5.97 Å². The second-order valence-corrected chi connectivity index (χ2v) is 4.86. The topological polar surface area (TPSA) is 49.8 Å². The van der Waals surface area contributed by atoms with Crippen LogP contribution < -0.4 is 4.74 Å². The molecule has 0 saturated heterocycles. The van der Waals surface area contributed by atoms with Gasteiger partial charge in [-0.15, -0.1) is 0 Å². The Labute approximate surface area is 119 Å². The van der Waals surface area contributed by atoms with Gasteiger partial charge in [-0.2, -0.15) is 0 Å². The standard InChI is InChI=1S/C15H22FNO3/c1-5-17(9-10(2)15(18)19)11(3)14-12(16)7-6-8-13(14)20-4/h6-8,10-11H,5,9H2,1-4H3,(H,18,19). The molecule has 1 aromatic carbocycles. The maximum absolute atomic E-state index is 14.1. The molecule has 2 atom stereocenters. The minimum atomic E-state index is -0.851. The van der Waals surface area contributed by atoms with Gasteiger partial charge in [-0.3, -0.25) is 9.69 Å². The number of hydrogen-bond donors (Lipinski definition) is 1. The Morgan fingerprint density at radius 3 is 2.60 bits per heavy atom. The smallest absolute Gasteiger partial charge is 0.307 e. The molecule has 4 nitrogen and oxygen atoms in total. The van der Waals surface area contributed by atoms with Crippen LogP contribution in [0.1, 0.15) is 32.4 Å². The van der Waals surface area contributed by atoms with Gasteiger partial charge in [-0.05, 0) is 25.6 Å². The van der Waals surface area contributed by atoms with Crippen LogP contribution in [0.5, 0.6) is 5.75 Å². The minimum absolute atomic E-state index is 0.252. The van der Waals surface area contributed by atoms with Gasteiger partial charge < -0.3 is 9.84 Å². The molecule has 112 valence electrons. The van der Waals surface area contributed by atoms with E-state index in [-0.39, 0.29) is 11.9 Å². The highest BCUT2D eigenvalue weighted by Crippen LogP contribution is 2.31. The lowest BCUT2D eigenvalue weighted by atomic mass is 10.0. The quantitative estimate of drug-likeness (QED) is 0.836. The SMILES string of the molecule is CCN(CC(C)C(=O)O)C(C)c1c(F)cccc1OC. The Balaban J connectivity index is 3.02. The highest BCUT2D eigenvalue weighted by Gasteiger charge is 2.24. The molecule has 2 unspecified atom stereocenters. The van der Waals surface area contributed by atoms with Gasteiger partial charge in [0.2, 0.25) is 0 Å². The Hall–Kier alpha value is -1.62. The molecule has 0 spiro atoms. The maximum Gasteiger partial charge on any atom is 0.307 e. The van der Waals surface area contributed by atoms with Crippen molar-refractivity contribution in [2.45, 2.75) is 26.8 Å². The first kappa shape index (κ1) is 16.4. The maximum atomic E-state index is 14.1. The van der Waals surface area contributed by atoms with Crippen LogP contribution in [0.4, 0.5) is 4.39 Å². The van der Waals surface area contributed by atoms with E-state index in [0.717, 1.165) is 0 Å². The van der Waals surface area contributed by atoms with Crippen molar-refractivity contribution in [3.05, 3.63) is 29.6 Å². The van der Waals surface area contributed by atoms with E-state index in [4.69, 9.17) is 9.84 Å². The molecule has 0 aliphatic carbocycles. The molecule has 1 N–H and O–H groups in total. The number of methoxy groups -OCH3 is 1. The summed E-state index contributed by atoms with van der Waals surface area (Å²) in [6.07, 6.45) is 0. The lowest BCUT2D eigenvalue weighted by Crippen LogP contribution is -2.34. The molecule has 0 aliphatic rings. The molecule has 0 fully saturated rings. The lowest BCUT2D eigenvalue weighted by molar-refractivity contribution is -0.141. The largest absolute Gasteiger partial charge is 0.496 e. The number of carboxylic acid groups (broad SMARTS) is 1. The van der Waals surface area contributed by atoms with Gasteiger partial charge in [0, 0.05) is 18.2 Å². The van der Waals surface area contributed by atoms with Gasteiger partial charge in [0.25, 0.3) is 0 Å². The van der Waals surface area contributed by atoms with Crippen molar-refractivity contribution in [1.29, 1.82) is 0 Å². The molecule has 0 amide bonds. The van der Waals surface area contributed by atoms with Gasteiger partial charge in [0.05, 0.1) is 13.0 Å². The fourth-order valence-corrected chi connectivity index (χ4v) is 2.27. The number of aliphatic carboxylic acids is 1. The second kappa shape index (κ2) is 7.24. The van der Waals surface area contributed by atoms with Gasteiger partial charge in [0.15, 0.2) is 0 Å². The molecular formula is C15H22FNO3. The van der Waals surface area contributed by atoms with Crippen LogP contribution in [0.15, 0.2) is 18.2 Å². The van der Waals surface area contributed by atoms with E-state index in [2.05, 4.69) is 0 Å². The molecular weight excluding hydrogens is 261 g/mol. The Morgan fingerprint density at radius 2 is 2.10 bits per heavy atom. The van der Waals surface area contributed by atoms with E-state index in [1.807, 2.05) is 18.7 Å². The number of ether oxygens (including phenoxy) is 1. The Morgan fingerprint density at radius 1 is 1.45 bits per heavy atom. The molecule has 0 radical (unpaired) electrons. The number of halogens is 1. The van der Waals surface area contributed by atoms with Crippen molar-refractivity contribution in [3.63, 3.8) is 0 Å². The van der Waals surface area contributed by atoms with Crippen LogP contribution in [-0.4, -0.2) is 36.2 Å². The van der Waals surface area contributed by atoms with E-state index in [1.165, 1.54) is 13.2 Å². The molecule has 5 heteroatoms. The normalized spacial score (nSPS) is 14.1. The number of carbonyl (C=O) groups is 1. The van der Waals surface area contributed by atoms with E-state index in [1.54, 1.807) is 19.1 Å². The molecule has 0 heterocycles. The molecule has 0 bridgehead atoms. The molecule has 20 heavy (non-hydrogen) atoms. The van der Waals surface area contributed by atoms with E-state index in [0.29, 0.717) is 24.4 Å². The summed E-state index contributed by atoms with van der Waals surface area (Å²) in [6, 6.07) is 4.45. The third-order valence-corrected chi connectivity index (χ3v) is 3.53. The van der Waals surface area contributed by atoms with E-state index >= 15 is 0 Å². The first-order chi connectivity index (χ1) is 9.42. The summed E-state index contributed by atoms with van der Waals surface area (Å²) < 4.78 is 19.3. The number of benzene rings is 1. The van der Waals surface area contributed by atoms with Crippen molar-refractivity contribution >= 4 is 5.97 Å². The fourth-order valence-electron chi connectivity index (χ4n) is 2.27. The molecule has 0 aliphatic heterocycles. The summed E-state index contributed by atoms with van der Waals surface area (Å²) in [7, 11) is 1.50. The Kier molecular flexibility index (Phi) is 5.95. The first-order valence-corrected chi connectivity index (χ1v) is 6.71. The van der Waals surface area contributed by atoms with Crippen molar-refractivity contribution < 1.29 is 19.0 Å². The number of nitrogens with zero attached hydrogens (tertiary/aromatic N) is 1.